The van der Waals surface area contributed by atoms with Crippen molar-refractivity contribution < 1.29 is 9.59 Å². The Balaban J connectivity index is 1.81. The topological polar surface area (TPSA) is 49.4 Å². The standard InChI is InChI=1S/C9H12N2O2/c12-8-7(5-1-2-5)10-9(13)11(8)6-3-4-6/h5-7H,1-4H2,(H,10,13). The van der Waals surface area contributed by atoms with Crippen LogP contribution in [0.2, 0.25) is 0 Å². The molecule has 2 saturated carbocycles. The summed E-state index contributed by atoms with van der Waals surface area (Å²) >= 11 is 0. The van der Waals surface area contributed by atoms with Crippen molar-refractivity contribution in [3.8, 4) is 0 Å². The first-order valence-corrected chi connectivity index (χ1v) is 4.91. The lowest BCUT2D eigenvalue weighted by Gasteiger charge is -2.10. The highest BCUT2D eigenvalue weighted by molar-refractivity contribution is 6.05. The van der Waals surface area contributed by atoms with Crippen molar-refractivity contribution in [3.05, 3.63) is 0 Å². The van der Waals surface area contributed by atoms with E-state index in [-0.39, 0.29) is 24.0 Å². The number of nitrogens with zero attached hydrogens (tertiary/aromatic N) is 1. The Morgan fingerprint density at radius 3 is 2.38 bits per heavy atom. The average Bonchev–Trinajstić information content (AvgIpc) is 2.96. The second-order valence-electron chi connectivity index (χ2n) is 4.20. The van der Waals surface area contributed by atoms with Crippen LogP contribution in [0, 0.1) is 5.92 Å². The molecule has 13 heavy (non-hydrogen) atoms. The number of amides is 3. The Bertz CT molecular complexity index is 281. The molecule has 1 heterocycles. The highest BCUT2D eigenvalue weighted by atomic mass is 16.2. The van der Waals surface area contributed by atoms with Crippen molar-refractivity contribution in [2.24, 2.45) is 5.92 Å². The zero-order valence-corrected chi connectivity index (χ0v) is 7.32. The van der Waals surface area contributed by atoms with Crippen LogP contribution in [0.25, 0.3) is 0 Å². The molecule has 1 aliphatic heterocycles. The summed E-state index contributed by atoms with van der Waals surface area (Å²) in [6.07, 6.45) is 4.18. The van der Waals surface area contributed by atoms with Crippen LogP contribution in [0.5, 0.6) is 0 Å². The van der Waals surface area contributed by atoms with E-state index >= 15 is 0 Å². The van der Waals surface area contributed by atoms with Gasteiger partial charge in [0.1, 0.15) is 6.04 Å². The first kappa shape index (κ1) is 7.35. The molecule has 1 atom stereocenters. The summed E-state index contributed by atoms with van der Waals surface area (Å²) in [6, 6.07) is -0.131. The van der Waals surface area contributed by atoms with E-state index in [2.05, 4.69) is 5.32 Å². The summed E-state index contributed by atoms with van der Waals surface area (Å²) < 4.78 is 0. The van der Waals surface area contributed by atoms with Gasteiger partial charge in [0.15, 0.2) is 0 Å². The molecule has 0 aromatic heterocycles. The number of urea groups is 1. The number of hydrogen-bond acceptors (Lipinski definition) is 2. The lowest BCUT2D eigenvalue weighted by atomic mass is 10.2. The van der Waals surface area contributed by atoms with Gasteiger partial charge in [-0.3, -0.25) is 9.69 Å². The van der Waals surface area contributed by atoms with Gasteiger partial charge in [0.2, 0.25) is 0 Å². The lowest BCUT2D eigenvalue weighted by Crippen LogP contribution is -2.33. The summed E-state index contributed by atoms with van der Waals surface area (Å²) in [7, 11) is 0. The second kappa shape index (κ2) is 2.25. The van der Waals surface area contributed by atoms with Crippen LogP contribution in [-0.2, 0) is 4.79 Å². The molecule has 1 N–H and O–H groups in total. The number of carbonyl (C=O) groups excluding carboxylic acids is 2. The number of rotatable bonds is 2. The fourth-order valence-corrected chi connectivity index (χ4v) is 1.94. The van der Waals surface area contributed by atoms with E-state index in [0.29, 0.717) is 5.92 Å². The van der Waals surface area contributed by atoms with Crippen LogP contribution in [-0.4, -0.2) is 28.9 Å². The molecule has 0 aromatic rings. The zero-order chi connectivity index (χ0) is 9.00. The van der Waals surface area contributed by atoms with Crippen LogP contribution in [0.4, 0.5) is 4.79 Å². The van der Waals surface area contributed by atoms with Crippen molar-refractivity contribution in [2.45, 2.75) is 37.8 Å². The normalized spacial score (nSPS) is 33.8. The predicted octanol–water partition coefficient (Wildman–Crippen LogP) is 0.479. The first-order valence-electron chi connectivity index (χ1n) is 4.91. The van der Waals surface area contributed by atoms with Gasteiger partial charge >= 0.3 is 6.03 Å². The van der Waals surface area contributed by atoms with Crippen molar-refractivity contribution in [1.82, 2.24) is 10.2 Å². The summed E-state index contributed by atoms with van der Waals surface area (Å²) in [4.78, 5) is 24.6. The van der Waals surface area contributed by atoms with Gasteiger partial charge in [0.05, 0.1) is 0 Å². The molecule has 3 amide bonds. The van der Waals surface area contributed by atoms with Crippen LogP contribution in [0.3, 0.4) is 0 Å². The SMILES string of the molecule is O=C1NC(C2CC2)C(=O)N1C1CC1. The van der Waals surface area contributed by atoms with E-state index in [1.807, 2.05) is 0 Å². The van der Waals surface area contributed by atoms with Crippen molar-refractivity contribution in [2.75, 3.05) is 0 Å². The number of nitrogens with one attached hydrogen (secondary N) is 1. The van der Waals surface area contributed by atoms with Crippen molar-refractivity contribution >= 4 is 11.9 Å². The lowest BCUT2D eigenvalue weighted by molar-refractivity contribution is -0.128. The van der Waals surface area contributed by atoms with Gasteiger partial charge in [-0.15, -0.1) is 0 Å². The molecule has 3 fully saturated rings. The maximum Gasteiger partial charge on any atom is 0.325 e. The molecule has 70 valence electrons. The predicted molar refractivity (Wildman–Crippen MR) is 44.9 cm³/mol. The third kappa shape index (κ3) is 1.04. The molecule has 3 aliphatic rings. The Morgan fingerprint density at radius 2 is 1.85 bits per heavy atom. The van der Waals surface area contributed by atoms with Crippen LogP contribution in [0.15, 0.2) is 0 Å². The van der Waals surface area contributed by atoms with Gasteiger partial charge < -0.3 is 5.32 Å². The van der Waals surface area contributed by atoms with Crippen molar-refractivity contribution in [3.63, 3.8) is 0 Å². The average molecular weight is 180 g/mol. The van der Waals surface area contributed by atoms with Gasteiger partial charge in [0.25, 0.3) is 5.91 Å². The molecule has 0 spiro atoms. The van der Waals surface area contributed by atoms with Gasteiger partial charge in [-0.05, 0) is 31.6 Å². The summed E-state index contributed by atoms with van der Waals surface area (Å²) in [5.41, 5.74) is 0. The third-order valence-electron chi connectivity index (χ3n) is 3.01. The van der Waals surface area contributed by atoms with E-state index in [9.17, 15) is 9.59 Å². The Hall–Kier alpha value is -1.06. The molecule has 0 bridgehead atoms. The third-order valence-corrected chi connectivity index (χ3v) is 3.01. The Kier molecular flexibility index (Phi) is 1.27. The van der Waals surface area contributed by atoms with Gasteiger partial charge in [-0.2, -0.15) is 0 Å². The molecule has 0 radical (unpaired) electrons. The molecular weight excluding hydrogens is 168 g/mol. The van der Waals surface area contributed by atoms with E-state index < -0.39 is 0 Å². The van der Waals surface area contributed by atoms with Crippen molar-refractivity contribution in [1.29, 1.82) is 0 Å². The highest BCUT2D eigenvalue weighted by Gasteiger charge is 2.50. The van der Waals surface area contributed by atoms with E-state index in [0.717, 1.165) is 25.7 Å². The number of carbonyl (C=O) groups is 2. The minimum Gasteiger partial charge on any atom is -0.326 e. The maximum atomic E-state index is 11.7. The Morgan fingerprint density at radius 1 is 1.15 bits per heavy atom. The maximum absolute atomic E-state index is 11.7. The number of hydrogen-bond donors (Lipinski definition) is 1. The summed E-state index contributed by atoms with van der Waals surface area (Å²) in [5, 5.41) is 2.77. The zero-order valence-electron chi connectivity index (χ0n) is 7.32. The molecule has 3 rings (SSSR count). The summed E-state index contributed by atoms with van der Waals surface area (Å²) in [6.45, 7) is 0. The monoisotopic (exact) mass is 180 g/mol. The minimum absolute atomic E-state index is 0.0231. The minimum atomic E-state index is -0.187. The van der Waals surface area contributed by atoms with Crippen LogP contribution >= 0.6 is 0 Å². The number of imide groups is 1. The van der Waals surface area contributed by atoms with Crippen LogP contribution in [0.1, 0.15) is 25.7 Å². The van der Waals surface area contributed by atoms with E-state index in [4.69, 9.17) is 0 Å². The van der Waals surface area contributed by atoms with Crippen LogP contribution < -0.4 is 5.32 Å². The molecular formula is C9H12N2O2. The van der Waals surface area contributed by atoms with E-state index in [1.54, 1.807) is 0 Å². The smallest absolute Gasteiger partial charge is 0.325 e. The fourth-order valence-electron chi connectivity index (χ4n) is 1.94. The molecule has 1 saturated heterocycles. The van der Waals surface area contributed by atoms with Gasteiger partial charge in [-0.25, -0.2) is 4.79 Å². The molecule has 4 heteroatoms. The van der Waals surface area contributed by atoms with Gasteiger partial charge in [0, 0.05) is 6.04 Å². The second-order valence-corrected chi connectivity index (χ2v) is 4.20. The highest BCUT2D eigenvalue weighted by Crippen LogP contribution is 2.38. The molecule has 2 aliphatic carbocycles. The quantitative estimate of drug-likeness (QED) is 0.628. The Labute approximate surface area is 76.3 Å². The fraction of sp³-hybridized carbons (Fsp3) is 0.778. The first-order chi connectivity index (χ1) is 6.27. The molecule has 0 aromatic carbocycles. The van der Waals surface area contributed by atoms with Gasteiger partial charge in [-0.1, -0.05) is 0 Å². The van der Waals surface area contributed by atoms with E-state index in [1.165, 1.54) is 4.90 Å². The largest absolute Gasteiger partial charge is 0.326 e. The summed E-state index contributed by atoms with van der Waals surface area (Å²) in [5.74, 6) is 0.454. The molecule has 1 unspecified atom stereocenters. The molecule has 4 nitrogen and oxygen atoms in total.